The lowest BCUT2D eigenvalue weighted by atomic mass is 10.5. The van der Waals surface area contributed by atoms with E-state index >= 15 is 0 Å². The number of anilines is 2. The molecule has 0 aromatic carbocycles. The number of carbonyl (C=O) groups excluding carboxylic acids is 1. The maximum atomic E-state index is 9.97. The molecule has 0 unspecified atom stereocenters. The monoisotopic (exact) mass is 206 g/mol. The predicted molar refractivity (Wildman–Crippen MR) is 46.2 cm³/mol. The molecule has 1 aromatic rings. The van der Waals surface area contributed by atoms with Crippen molar-refractivity contribution in [3.63, 3.8) is 0 Å². The number of nitrogens with zero attached hydrogens (tertiary/aromatic N) is 2. The van der Waals surface area contributed by atoms with Crippen LogP contribution in [0.4, 0.5) is 11.6 Å². The molecule has 12 heavy (non-hydrogen) atoms. The van der Waals surface area contributed by atoms with Gasteiger partial charge in [0, 0.05) is 0 Å². The molecule has 0 fully saturated rings. The van der Waals surface area contributed by atoms with E-state index in [1.165, 1.54) is 0 Å². The first-order chi connectivity index (χ1) is 5.65. The van der Waals surface area contributed by atoms with Crippen molar-refractivity contribution in [2.45, 2.75) is 0 Å². The predicted octanol–water partition coefficient (Wildman–Crippen LogP) is 0.934. The molecule has 0 atom stereocenters. The molecule has 1 rings (SSSR count). The van der Waals surface area contributed by atoms with Crippen LogP contribution in [-0.2, 0) is 4.79 Å². The number of nitrogen functional groups attached to an aromatic ring is 1. The van der Waals surface area contributed by atoms with Crippen molar-refractivity contribution in [2.24, 2.45) is 0 Å². The molecule has 0 aliphatic rings. The Morgan fingerprint density at radius 1 is 1.33 bits per heavy atom. The molecule has 3 N–H and O–H groups in total. The maximum Gasteiger partial charge on any atom is 0.232 e. The van der Waals surface area contributed by atoms with Gasteiger partial charge in [0.1, 0.15) is 5.69 Å². The minimum atomic E-state index is 0.0133. The van der Waals surface area contributed by atoms with Crippen molar-refractivity contribution in [3.05, 3.63) is 10.3 Å². The van der Waals surface area contributed by atoms with Gasteiger partial charge in [-0.25, -0.2) is 0 Å². The topological polar surface area (TPSA) is 80.9 Å². The number of halogens is 2. The van der Waals surface area contributed by atoms with E-state index in [0.29, 0.717) is 6.41 Å². The Hall–Kier alpha value is -1.07. The fourth-order valence-corrected chi connectivity index (χ4v) is 0.921. The standard InChI is InChI=1S/C5H4Cl2N4O/c6-3-2(8)4(7)11-5(10-3)9-1-12/h1H,8H2,(H,9,10,11,12). The van der Waals surface area contributed by atoms with E-state index in [1.807, 2.05) is 0 Å². The highest BCUT2D eigenvalue weighted by Gasteiger charge is 2.06. The van der Waals surface area contributed by atoms with Gasteiger partial charge in [0.15, 0.2) is 10.3 Å². The summed E-state index contributed by atoms with van der Waals surface area (Å²) in [7, 11) is 0. The summed E-state index contributed by atoms with van der Waals surface area (Å²) < 4.78 is 0. The third-order valence-corrected chi connectivity index (χ3v) is 1.62. The first kappa shape index (κ1) is 9.02. The molecule has 1 amide bonds. The minimum Gasteiger partial charge on any atom is -0.394 e. The highest BCUT2D eigenvalue weighted by molar-refractivity contribution is 6.37. The molecule has 7 heteroatoms. The van der Waals surface area contributed by atoms with Crippen LogP contribution in [0.1, 0.15) is 0 Å². The van der Waals surface area contributed by atoms with Gasteiger partial charge in [-0.3, -0.25) is 10.1 Å². The summed E-state index contributed by atoms with van der Waals surface area (Å²) in [4.78, 5) is 17.2. The molecule has 0 saturated carbocycles. The second kappa shape index (κ2) is 3.55. The van der Waals surface area contributed by atoms with Gasteiger partial charge in [0.05, 0.1) is 0 Å². The maximum absolute atomic E-state index is 9.97. The lowest BCUT2D eigenvalue weighted by Gasteiger charge is -2.01. The summed E-state index contributed by atoms with van der Waals surface area (Å²) in [6, 6.07) is 0. The van der Waals surface area contributed by atoms with Crippen LogP contribution < -0.4 is 11.1 Å². The first-order valence-electron chi connectivity index (χ1n) is 2.84. The molecule has 0 aliphatic carbocycles. The van der Waals surface area contributed by atoms with Crippen molar-refractivity contribution >= 4 is 41.2 Å². The van der Waals surface area contributed by atoms with Gasteiger partial charge in [-0.15, -0.1) is 0 Å². The quantitative estimate of drug-likeness (QED) is 0.558. The minimum absolute atomic E-state index is 0.0133. The van der Waals surface area contributed by atoms with Crippen LogP contribution in [0.2, 0.25) is 10.3 Å². The summed E-state index contributed by atoms with van der Waals surface area (Å²) in [6.07, 6.45) is 0.415. The number of nitrogens with one attached hydrogen (secondary N) is 1. The number of nitrogens with two attached hydrogens (primary N) is 1. The van der Waals surface area contributed by atoms with Crippen LogP contribution in [0.5, 0.6) is 0 Å². The van der Waals surface area contributed by atoms with E-state index in [1.54, 1.807) is 0 Å². The summed E-state index contributed by atoms with van der Waals surface area (Å²) >= 11 is 11.1. The van der Waals surface area contributed by atoms with Crippen LogP contribution in [-0.4, -0.2) is 16.4 Å². The van der Waals surface area contributed by atoms with Gasteiger partial charge in [-0.1, -0.05) is 23.2 Å². The molecule has 0 spiro atoms. The zero-order valence-corrected chi connectivity index (χ0v) is 7.23. The molecule has 1 aromatic heterocycles. The van der Waals surface area contributed by atoms with Gasteiger partial charge in [0.2, 0.25) is 12.4 Å². The fraction of sp³-hybridized carbons (Fsp3) is 0. The van der Waals surface area contributed by atoms with Crippen molar-refractivity contribution in [1.82, 2.24) is 9.97 Å². The zero-order chi connectivity index (χ0) is 9.14. The van der Waals surface area contributed by atoms with Gasteiger partial charge in [0.25, 0.3) is 0 Å². The first-order valence-corrected chi connectivity index (χ1v) is 3.59. The molecular formula is C5H4Cl2N4O. The molecule has 64 valence electrons. The third-order valence-electron chi connectivity index (χ3n) is 1.04. The highest BCUT2D eigenvalue weighted by Crippen LogP contribution is 2.24. The lowest BCUT2D eigenvalue weighted by molar-refractivity contribution is -0.105. The number of carbonyl (C=O) groups is 1. The summed E-state index contributed by atoms with van der Waals surface area (Å²) in [5.41, 5.74) is 5.43. The van der Waals surface area contributed by atoms with Gasteiger partial charge >= 0.3 is 0 Å². The Kier molecular flexibility index (Phi) is 2.67. The second-order valence-electron chi connectivity index (χ2n) is 1.80. The van der Waals surface area contributed by atoms with Gasteiger partial charge in [-0.05, 0) is 0 Å². The molecule has 0 radical (unpaired) electrons. The average molecular weight is 207 g/mol. The second-order valence-corrected chi connectivity index (χ2v) is 2.52. The largest absolute Gasteiger partial charge is 0.394 e. The normalized spacial score (nSPS) is 9.50. The Balaban J connectivity index is 3.11. The number of hydrogen-bond acceptors (Lipinski definition) is 4. The number of hydrogen-bond donors (Lipinski definition) is 2. The molecule has 1 heterocycles. The van der Waals surface area contributed by atoms with Crippen LogP contribution in [0.25, 0.3) is 0 Å². The Morgan fingerprint density at radius 2 is 1.83 bits per heavy atom. The van der Waals surface area contributed by atoms with Crippen LogP contribution >= 0.6 is 23.2 Å². The van der Waals surface area contributed by atoms with E-state index in [-0.39, 0.29) is 21.9 Å². The van der Waals surface area contributed by atoms with E-state index in [0.717, 1.165) is 0 Å². The molecule has 5 nitrogen and oxygen atoms in total. The van der Waals surface area contributed by atoms with Crippen molar-refractivity contribution in [1.29, 1.82) is 0 Å². The molecule has 0 saturated heterocycles. The van der Waals surface area contributed by atoms with E-state index < -0.39 is 0 Å². The van der Waals surface area contributed by atoms with Gasteiger partial charge in [-0.2, -0.15) is 9.97 Å². The van der Waals surface area contributed by atoms with Gasteiger partial charge < -0.3 is 5.73 Å². The van der Waals surface area contributed by atoms with E-state index in [2.05, 4.69) is 15.3 Å². The van der Waals surface area contributed by atoms with E-state index in [4.69, 9.17) is 28.9 Å². The lowest BCUT2D eigenvalue weighted by Crippen LogP contribution is -2.02. The Labute approximate surface area is 77.9 Å². The van der Waals surface area contributed by atoms with E-state index in [9.17, 15) is 4.79 Å². The SMILES string of the molecule is Nc1c(Cl)nc(NC=O)nc1Cl. The molecule has 0 bridgehead atoms. The molecular weight excluding hydrogens is 203 g/mol. The average Bonchev–Trinajstić information content (AvgIpc) is 2.01. The fourth-order valence-electron chi connectivity index (χ4n) is 0.534. The summed E-state index contributed by atoms with van der Waals surface area (Å²) in [5, 5.41) is 2.22. The van der Waals surface area contributed by atoms with Crippen LogP contribution in [0, 0.1) is 0 Å². The van der Waals surface area contributed by atoms with Crippen molar-refractivity contribution < 1.29 is 4.79 Å². The van der Waals surface area contributed by atoms with Crippen LogP contribution in [0.15, 0.2) is 0 Å². The Bertz CT molecular complexity index is 293. The van der Waals surface area contributed by atoms with Crippen molar-refractivity contribution in [3.8, 4) is 0 Å². The number of aromatic nitrogens is 2. The third kappa shape index (κ3) is 1.75. The number of rotatable bonds is 2. The van der Waals surface area contributed by atoms with Crippen molar-refractivity contribution in [2.75, 3.05) is 11.1 Å². The van der Waals surface area contributed by atoms with Crippen LogP contribution in [0.3, 0.4) is 0 Å². The smallest absolute Gasteiger partial charge is 0.232 e. The zero-order valence-electron chi connectivity index (χ0n) is 5.71. The summed E-state index contributed by atoms with van der Waals surface area (Å²) in [6.45, 7) is 0. The summed E-state index contributed by atoms with van der Waals surface area (Å²) in [5.74, 6) is 0.0224. The Morgan fingerprint density at radius 3 is 2.25 bits per heavy atom. The molecule has 0 aliphatic heterocycles. The highest BCUT2D eigenvalue weighted by atomic mass is 35.5. The number of amides is 1.